The van der Waals surface area contributed by atoms with Crippen LogP contribution in [0.1, 0.15) is 39.0 Å². The summed E-state index contributed by atoms with van der Waals surface area (Å²) in [4.78, 5) is 26.7. The summed E-state index contributed by atoms with van der Waals surface area (Å²) in [5.74, 6) is -0.0980. The minimum Gasteiger partial charge on any atom is -0.480 e. The number of nitrogens with zero attached hydrogens (tertiary/aromatic N) is 5. The highest BCUT2D eigenvalue weighted by atomic mass is 16.4. The number of aryl methyl sites for hydroxylation is 3. The van der Waals surface area contributed by atoms with Gasteiger partial charge in [0, 0.05) is 17.1 Å². The standard InChI is InChI=1S/C21H23N5O3/c1-12-7-5-6-8-17(12)26-13(2)9-16(14(26)3)20(27)25-11-19-23-22-15(4)24(19)10-18(25)21(28)29/h5-9,18H,10-11H2,1-4H3,(H,28,29). The molecule has 1 aliphatic rings. The molecule has 0 aliphatic carbocycles. The van der Waals surface area contributed by atoms with Gasteiger partial charge in [-0.3, -0.25) is 4.79 Å². The maximum absolute atomic E-state index is 13.4. The maximum Gasteiger partial charge on any atom is 0.328 e. The second-order valence-electron chi connectivity index (χ2n) is 7.47. The summed E-state index contributed by atoms with van der Waals surface area (Å²) in [6.45, 7) is 7.90. The molecule has 0 spiro atoms. The first-order valence-corrected chi connectivity index (χ1v) is 9.47. The summed E-state index contributed by atoms with van der Waals surface area (Å²) in [6.07, 6.45) is 0. The number of carboxylic acid groups (broad SMARTS) is 1. The minimum absolute atomic E-state index is 0.116. The van der Waals surface area contributed by atoms with E-state index in [4.69, 9.17) is 0 Å². The summed E-state index contributed by atoms with van der Waals surface area (Å²) in [5, 5.41) is 17.9. The predicted octanol–water partition coefficient (Wildman–Crippen LogP) is 2.41. The lowest BCUT2D eigenvalue weighted by Crippen LogP contribution is -2.50. The summed E-state index contributed by atoms with van der Waals surface area (Å²) in [6, 6.07) is 8.83. The van der Waals surface area contributed by atoms with Gasteiger partial charge in [0.1, 0.15) is 11.9 Å². The Morgan fingerprint density at radius 3 is 2.52 bits per heavy atom. The number of carboxylic acids is 1. The lowest BCUT2D eigenvalue weighted by atomic mass is 10.1. The smallest absolute Gasteiger partial charge is 0.328 e. The van der Waals surface area contributed by atoms with Crippen LogP contribution in [0.25, 0.3) is 5.69 Å². The Hall–Kier alpha value is -3.42. The molecule has 3 heterocycles. The molecule has 0 fully saturated rings. The van der Waals surface area contributed by atoms with Gasteiger partial charge < -0.3 is 19.1 Å². The minimum atomic E-state index is -1.04. The molecule has 1 N–H and O–H groups in total. The Kier molecular flexibility index (Phi) is 4.49. The van der Waals surface area contributed by atoms with Crippen LogP contribution in [0.2, 0.25) is 0 Å². The zero-order valence-corrected chi connectivity index (χ0v) is 16.9. The van der Waals surface area contributed by atoms with Crippen LogP contribution in [0.5, 0.6) is 0 Å². The van der Waals surface area contributed by atoms with Gasteiger partial charge >= 0.3 is 5.97 Å². The van der Waals surface area contributed by atoms with E-state index in [-0.39, 0.29) is 19.0 Å². The molecule has 3 aromatic rings. The molecule has 29 heavy (non-hydrogen) atoms. The number of amides is 1. The van der Waals surface area contributed by atoms with Crippen LogP contribution in [0, 0.1) is 27.7 Å². The number of hydrogen-bond acceptors (Lipinski definition) is 4. The van der Waals surface area contributed by atoms with Gasteiger partial charge in [0.25, 0.3) is 5.91 Å². The molecule has 0 bridgehead atoms. The molecule has 1 aromatic carbocycles. The third-order valence-corrected chi connectivity index (χ3v) is 5.62. The predicted molar refractivity (Wildman–Crippen MR) is 106 cm³/mol. The number of carbonyl (C=O) groups excluding carboxylic acids is 1. The van der Waals surface area contributed by atoms with Crippen molar-refractivity contribution < 1.29 is 14.7 Å². The molecule has 8 nitrogen and oxygen atoms in total. The van der Waals surface area contributed by atoms with E-state index in [1.807, 2.05) is 55.7 Å². The SMILES string of the molecule is Cc1ccccc1-n1c(C)cc(C(=O)N2Cc3nnc(C)n3CC2C(=O)O)c1C. The van der Waals surface area contributed by atoms with Crippen molar-refractivity contribution in [3.05, 3.63) is 64.5 Å². The van der Waals surface area contributed by atoms with Crippen molar-refractivity contribution in [2.24, 2.45) is 0 Å². The first-order chi connectivity index (χ1) is 13.8. The Morgan fingerprint density at radius 1 is 1.10 bits per heavy atom. The number of aliphatic carboxylic acids is 1. The van der Waals surface area contributed by atoms with Crippen molar-refractivity contribution in [3.63, 3.8) is 0 Å². The van der Waals surface area contributed by atoms with E-state index >= 15 is 0 Å². The highest BCUT2D eigenvalue weighted by Gasteiger charge is 2.37. The van der Waals surface area contributed by atoms with Crippen molar-refractivity contribution in [2.75, 3.05) is 0 Å². The van der Waals surface area contributed by atoms with Crippen LogP contribution < -0.4 is 0 Å². The van der Waals surface area contributed by atoms with Crippen LogP contribution in [0.3, 0.4) is 0 Å². The largest absolute Gasteiger partial charge is 0.480 e. The highest BCUT2D eigenvalue weighted by molar-refractivity contribution is 5.98. The van der Waals surface area contributed by atoms with Crippen molar-refractivity contribution in [1.29, 1.82) is 0 Å². The number of para-hydroxylation sites is 1. The average Bonchev–Trinajstić information content (AvgIpc) is 3.20. The zero-order chi connectivity index (χ0) is 20.9. The second kappa shape index (κ2) is 6.88. The fraction of sp³-hybridized carbons (Fsp3) is 0.333. The molecule has 150 valence electrons. The fourth-order valence-electron chi connectivity index (χ4n) is 4.06. The molecule has 8 heteroatoms. The number of rotatable bonds is 3. The highest BCUT2D eigenvalue weighted by Crippen LogP contribution is 2.27. The van der Waals surface area contributed by atoms with Gasteiger partial charge in [0.2, 0.25) is 0 Å². The fourth-order valence-corrected chi connectivity index (χ4v) is 4.06. The van der Waals surface area contributed by atoms with Gasteiger partial charge in [-0.15, -0.1) is 10.2 Å². The van der Waals surface area contributed by atoms with Crippen molar-refractivity contribution in [1.82, 2.24) is 24.2 Å². The van der Waals surface area contributed by atoms with E-state index in [1.54, 1.807) is 11.5 Å². The van der Waals surface area contributed by atoms with Gasteiger partial charge in [-0.05, 0) is 45.4 Å². The lowest BCUT2D eigenvalue weighted by molar-refractivity contribution is -0.143. The quantitative estimate of drug-likeness (QED) is 0.738. The number of hydrogen-bond donors (Lipinski definition) is 1. The summed E-state index contributed by atoms with van der Waals surface area (Å²) in [7, 11) is 0. The summed E-state index contributed by atoms with van der Waals surface area (Å²) < 4.78 is 3.80. The van der Waals surface area contributed by atoms with Crippen LogP contribution in [0.4, 0.5) is 0 Å². The molecule has 0 saturated heterocycles. The summed E-state index contributed by atoms with van der Waals surface area (Å²) >= 11 is 0. The van der Waals surface area contributed by atoms with Crippen LogP contribution in [-0.4, -0.2) is 47.3 Å². The number of aromatic nitrogens is 4. The van der Waals surface area contributed by atoms with E-state index < -0.39 is 12.0 Å². The van der Waals surface area contributed by atoms with Crippen molar-refractivity contribution >= 4 is 11.9 Å². The molecule has 1 amide bonds. The molecule has 4 rings (SSSR count). The molecular weight excluding hydrogens is 370 g/mol. The Bertz CT molecular complexity index is 1130. The van der Waals surface area contributed by atoms with E-state index in [9.17, 15) is 14.7 Å². The molecule has 1 atom stereocenters. The number of benzene rings is 1. The normalized spacial score (nSPS) is 16.0. The Morgan fingerprint density at radius 2 is 1.83 bits per heavy atom. The monoisotopic (exact) mass is 393 g/mol. The van der Waals surface area contributed by atoms with Crippen LogP contribution in [-0.2, 0) is 17.9 Å². The third-order valence-electron chi connectivity index (χ3n) is 5.62. The topological polar surface area (TPSA) is 93.3 Å². The van der Waals surface area contributed by atoms with E-state index in [0.717, 1.165) is 22.6 Å². The summed E-state index contributed by atoms with van der Waals surface area (Å²) in [5.41, 5.74) is 4.31. The van der Waals surface area contributed by atoms with E-state index in [2.05, 4.69) is 10.2 Å². The second-order valence-corrected chi connectivity index (χ2v) is 7.47. The van der Waals surface area contributed by atoms with Crippen molar-refractivity contribution in [2.45, 2.75) is 46.8 Å². The third kappa shape index (κ3) is 3.00. The van der Waals surface area contributed by atoms with Gasteiger partial charge in [0.05, 0.1) is 18.7 Å². The maximum atomic E-state index is 13.4. The Balaban J connectivity index is 1.76. The van der Waals surface area contributed by atoms with Gasteiger partial charge in [-0.2, -0.15) is 0 Å². The first-order valence-electron chi connectivity index (χ1n) is 9.47. The lowest BCUT2D eigenvalue weighted by Gasteiger charge is -2.33. The van der Waals surface area contributed by atoms with Crippen LogP contribution in [0.15, 0.2) is 30.3 Å². The molecule has 0 radical (unpaired) electrons. The van der Waals surface area contributed by atoms with Crippen molar-refractivity contribution in [3.8, 4) is 5.69 Å². The zero-order valence-electron chi connectivity index (χ0n) is 16.9. The van der Waals surface area contributed by atoms with E-state index in [0.29, 0.717) is 17.2 Å². The Labute approximate surface area is 168 Å². The molecule has 0 saturated carbocycles. The average molecular weight is 393 g/mol. The molecule has 2 aromatic heterocycles. The molecule has 1 aliphatic heterocycles. The van der Waals surface area contributed by atoms with Gasteiger partial charge in [-0.25, -0.2) is 4.79 Å². The number of fused-ring (bicyclic) bond motifs is 1. The van der Waals surface area contributed by atoms with Gasteiger partial charge in [-0.1, -0.05) is 18.2 Å². The van der Waals surface area contributed by atoms with Gasteiger partial charge in [0.15, 0.2) is 5.82 Å². The van der Waals surface area contributed by atoms with Crippen LogP contribution >= 0.6 is 0 Å². The molecule has 1 unspecified atom stereocenters. The van der Waals surface area contributed by atoms with E-state index in [1.165, 1.54) is 4.90 Å². The number of carbonyl (C=O) groups is 2. The first kappa shape index (κ1) is 18.9. The molecular formula is C21H23N5O3.